The summed E-state index contributed by atoms with van der Waals surface area (Å²) in [5.74, 6) is -0.391. The van der Waals surface area contributed by atoms with Crippen LogP contribution in [-0.2, 0) is 14.2 Å². The van der Waals surface area contributed by atoms with Crippen molar-refractivity contribution in [1.29, 1.82) is 0 Å². The zero-order valence-corrected chi connectivity index (χ0v) is 9.77. The first kappa shape index (κ1) is 11.3. The minimum Gasteiger partial charge on any atom is -0.390 e. The summed E-state index contributed by atoms with van der Waals surface area (Å²) < 4.78 is 17.1. The largest absolute Gasteiger partial charge is 0.390 e. The minimum absolute atomic E-state index is 0.0498. The summed E-state index contributed by atoms with van der Waals surface area (Å²) in [4.78, 5) is 0. The smallest absolute Gasteiger partial charge is 0.187 e. The van der Waals surface area contributed by atoms with Crippen LogP contribution in [0.15, 0.2) is 0 Å². The van der Waals surface area contributed by atoms with E-state index in [1.165, 1.54) is 0 Å². The number of hydrogen-bond donors (Lipinski definition) is 1. The molecule has 0 aliphatic carbocycles. The van der Waals surface area contributed by atoms with Crippen LogP contribution in [0.1, 0.15) is 34.1 Å². The summed E-state index contributed by atoms with van der Waals surface area (Å²) in [6.07, 6.45) is -0.271. The van der Waals surface area contributed by atoms with Crippen LogP contribution in [0.25, 0.3) is 0 Å². The monoisotopic (exact) mass is 216 g/mol. The van der Waals surface area contributed by atoms with E-state index in [1.54, 1.807) is 0 Å². The predicted octanol–water partition coefficient (Wildman–Crippen LogP) is 1.27. The Bertz CT molecular complexity index is 241. The fraction of sp³-hybridized carbons (Fsp3) is 1.00. The van der Waals surface area contributed by atoms with Crippen molar-refractivity contribution in [2.75, 3.05) is 0 Å². The first-order valence-electron chi connectivity index (χ1n) is 5.64. The van der Waals surface area contributed by atoms with Gasteiger partial charge in [0.2, 0.25) is 0 Å². The maximum atomic E-state index is 9.78. The molecule has 88 valence electrons. The van der Waals surface area contributed by atoms with Crippen molar-refractivity contribution in [3.05, 3.63) is 0 Å². The fourth-order valence-corrected chi connectivity index (χ4v) is 2.36. The SMILES string of the molecule is CCC(O)[C@H]1O[C@@H]2OC(C)(C)O[C@@H]2C1C. The van der Waals surface area contributed by atoms with Gasteiger partial charge in [-0.25, -0.2) is 0 Å². The van der Waals surface area contributed by atoms with Crippen molar-refractivity contribution in [3.8, 4) is 0 Å². The van der Waals surface area contributed by atoms with Crippen LogP contribution < -0.4 is 0 Å². The third-order valence-electron chi connectivity index (χ3n) is 3.21. The second-order valence-corrected chi connectivity index (χ2v) is 4.90. The molecule has 0 amide bonds. The Labute approximate surface area is 90.5 Å². The molecule has 2 rings (SSSR count). The van der Waals surface area contributed by atoms with Crippen LogP contribution in [0, 0.1) is 5.92 Å². The molecule has 0 bridgehead atoms. The Morgan fingerprint density at radius 3 is 2.53 bits per heavy atom. The molecule has 0 saturated carbocycles. The highest BCUT2D eigenvalue weighted by molar-refractivity contribution is 4.92. The van der Waals surface area contributed by atoms with Crippen LogP contribution in [0.5, 0.6) is 0 Å². The Hall–Kier alpha value is -0.160. The molecule has 0 aromatic rings. The molecule has 4 heteroatoms. The third-order valence-corrected chi connectivity index (χ3v) is 3.21. The second-order valence-electron chi connectivity index (χ2n) is 4.90. The number of aliphatic hydroxyl groups excluding tert-OH is 1. The molecule has 15 heavy (non-hydrogen) atoms. The molecule has 2 saturated heterocycles. The molecule has 5 atom stereocenters. The first-order valence-corrected chi connectivity index (χ1v) is 5.64. The van der Waals surface area contributed by atoms with Crippen LogP contribution in [0.2, 0.25) is 0 Å². The van der Waals surface area contributed by atoms with Gasteiger partial charge in [-0.15, -0.1) is 0 Å². The van der Waals surface area contributed by atoms with Gasteiger partial charge in [0.05, 0.1) is 12.2 Å². The lowest BCUT2D eigenvalue weighted by molar-refractivity contribution is -0.219. The lowest BCUT2D eigenvalue weighted by atomic mass is 9.96. The average Bonchev–Trinajstić information content (AvgIpc) is 2.60. The van der Waals surface area contributed by atoms with E-state index in [0.29, 0.717) is 6.42 Å². The van der Waals surface area contributed by atoms with Gasteiger partial charge >= 0.3 is 0 Å². The Morgan fingerprint density at radius 1 is 1.33 bits per heavy atom. The highest BCUT2D eigenvalue weighted by atomic mass is 16.8. The first-order chi connectivity index (χ1) is 6.94. The quantitative estimate of drug-likeness (QED) is 0.755. The number of fused-ring (bicyclic) bond motifs is 1. The Kier molecular flexibility index (Phi) is 2.79. The molecule has 2 fully saturated rings. The van der Waals surface area contributed by atoms with Crippen molar-refractivity contribution < 1.29 is 19.3 Å². The van der Waals surface area contributed by atoms with E-state index in [0.717, 1.165) is 0 Å². The molecule has 1 N–H and O–H groups in total. The summed E-state index contributed by atoms with van der Waals surface area (Å²) in [7, 11) is 0. The van der Waals surface area contributed by atoms with Gasteiger partial charge in [-0.2, -0.15) is 0 Å². The van der Waals surface area contributed by atoms with E-state index in [9.17, 15) is 5.11 Å². The van der Waals surface area contributed by atoms with E-state index in [2.05, 4.69) is 0 Å². The molecule has 0 aromatic heterocycles. The number of hydrogen-bond acceptors (Lipinski definition) is 4. The molecule has 2 aliphatic rings. The van der Waals surface area contributed by atoms with E-state index < -0.39 is 11.9 Å². The molecular weight excluding hydrogens is 196 g/mol. The highest BCUT2D eigenvalue weighted by Crippen LogP contribution is 2.41. The van der Waals surface area contributed by atoms with Gasteiger partial charge in [0.15, 0.2) is 12.1 Å². The summed E-state index contributed by atoms with van der Waals surface area (Å²) >= 11 is 0. The topological polar surface area (TPSA) is 47.9 Å². The van der Waals surface area contributed by atoms with Crippen molar-refractivity contribution in [3.63, 3.8) is 0 Å². The van der Waals surface area contributed by atoms with Gasteiger partial charge in [0.1, 0.15) is 6.10 Å². The Balaban J connectivity index is 2.05. The number of ether oxygens (including phenoxy) is 3. The summed E-state index contributed by atoms with van der Waals surface area (Å²) in [6.45, 7) is 7.75. The maximum absolute atomic E-state index is 9.78. The number of aliphatic hydroxyl groups is 1. The molecule has 2 aliphatic heterocycles. The van der Waals surface area contributed by atoms with Crippen molar-refractivity contribution in [2.24, 2.45) is 5.92 Å². The van der Waals surface area contributed by atoms with Gasteiger partial charge in [-0.05, 0) is 20.3 Å². The van der Waals surface area contributed by atoms with Crippen LogP contribution in [0.3, 0.4) is 0 Å². The molecule has 2 unspecified atom stereocenters. The van der Waals surface area contributed by atoms with E-state index in [1.807, 2.05) is 27.7 Å². The predicted molar refractivity (Wildman–Crippen MR) is 54.2 cm³/mol. The molecule has 0 aromatic carbocycles. The Morgan fingerprint density at radius 2 is 2.00 bits per heavy atom. The lowest BCUT2D eigenvalue weighted by Crippen LogP contribution is -2.35. The van der Waals surface area contributed by atoms with Gasteiger partial charge in [0.25, 0.3) is 0 Å². The van der Waals surface area contributed by atoms with Crippen molar-refractivity contribution in [2.45, 2.75) is 64.5 Å². The van der Waals surface area contributed by atoms with Crippen molar-refractivity contribution >= 4 is 0 Å². The summed E-state index contributed by atoms with van der Waals surface area (Å²) in [6, 6.07) is 0. The standard InChI is InChI=1S/C11H20O4/c1-5-7(12)8-6(2)9-10(13-8)15-11(3,4)14-9/h6-10,12H,5H2,1-4H3/t6?,7?,8-,9+,10+/m0/s1. The molecule has 4 nitrogen and oxygen atoms in total. The maximum Gasteiger partial charge on any atom is 0.187 e. The number of rotatable bonds is 2. The zero-order chi connectivity index (χ0) is 11.2. The van der Waals surface area contributed by atoms with Crippen LogP contribution in [-0.4, -0.2) is 35.5 Å². The van der Waals surface area contributed by atoms with E-state index >= 15 is 0 Å². The third kappa shape index (κ3) is 1.91. The van der Waals surface area contributed by atoms with Gasteiger partial charge in [-0.3, -0.25) is 0 Å². The van der Waals surface area contributed by atoms with Crippen molar-refractivity contribution in [1.82, 2.24) is 0 Å². The molecular formula is C11H20O4. The molecule has 0 radical (unpaired) electrons. The lowest BCUT2D eigenvalue weighted by Gasteiger charge is -2.25. The van der Waals surface area contributed by atoms with Gasteiger partial charge in [-0.1, -0.05) is 13.8 Å². The van der Waals surface area contributed by atoms with Crippen LogP contribution >= 0.6 is 0 Å². The average molecular weight is 216 g/mol. The van der Waals surface area contributed by atoms with Gasteiger partial charge < -0.3 is 19.3 Å². The second kappa shape index (κ2) is 3.70. The van der Waals surface area contributed by atoms with E-state index in [-0.39, 0.29) is 24.4 Å². The highest BCUT2D eigenvalue weighted by Gasteiger charge is 2.54. The summed E-state index contributed by atoms with van der Waals surface area (Å²) in [5, 5.41) is 9.78. The van der Waals surface area contributed by atoms with Crippen LogP contribution in [0.4, 0.5) is 0 Å². The minimum atomic E-state index is -0.564. The normalized spacial score (nSPS) is 45.4. The molecule has 2 heterocycles. The van der Waals surface area contributed by atoms with Gasteiger partial charge in [0, 0.05) is 5.92 Å². The molecule has 0 spiro atoms. The summed E-state index contributed by atoms with van der Waals surface area (Å²) in [5.41, 5.74) is 0. The van der Waals surface area contributed by atoms with E-state index in [4.69, 9.17) is 14.2 Å². The fourth-order valence-electron chi connectivity index (χ4n) is 2.36. The zero-order valence-electron chi connectivity index (χ0n) is 9.77.